The van der Waals surface area contributed by atoms with Gasteiger partial charge in [0.15, 0.2) is 0 Å². The fraction of sp³-hybridized carbons (Fsp3) is 1.00. The van der Waals surface area contributed by atoms with Gasteiger partial charge in [-0.25, -0.2) is 0 Å². The summed E-state index contributed by atoms with van der Waals surface area (Å²) in [6.07, 6.45) is 7.40. The van der Waals surface area contributed by atoms with Crippen molar-refractivity contribution in [2.24, 2.45) is 11.8 Å². The Labute approximate surface area is 115 Å². The molecule has 0 saturated heterocycles. The lowest BCUT2D eigenvalue weighted by molar-refractivity contribution is 0.385. The van der Waals surface area contributed by atoms with E-state index < -0.39 is 10.8 Å². The van der Waals surface area contributed by atoms with Crippen molar-refractivity contribution >= 4 is 10.8 Å². The minimum atomic E-state index is -0.597. The first-order valence-electron chi connectivity index (χ1n) is 7.76. The number of rotatable bonds is 4. The van der Waals surface area contributed by atoms with E-state index in [9.17, 15) is 4.21 Å². The van der Waals surface area contributed by atoms with Crippen molar-refractivity contribution < 1.29 is 4.21 Å². The molecule has 3 heteroatoms. The summed E-state index contributed by atoms with van der Waals surface area (Å²) >= 11 is 0. The Balaban J connectivity index is 1.93. The summed E-state index contributed by atoms with van der Waals surface area (Å²) in [6.45, 7) is 7.83. The molecule has 0 radical (unpaired) electrons. The molecule has 6 atom stereocenters. The van der Waals surface area contributed by atoms with E-state index in [-0.39, 0.29) is 0 Å². The highest BCUT2D eigenvalue weighted by molar-refractivity contribution is 7.86. The predicted molar refractivity (Wildman–Crippen MR) is 79.2 cm³/mol. The highest BCUT2D eigenvalue weighted by Gasteiger charge is 2.39. The molecule has 2 rings (SSSR count). The SMILES string of the molecule is CCNC1CCC(S(=O)C2CCCC(C)C2)C1C. The molecule has 0 aromatic heterocycles. The zero-order chi connectivity index (χ0) is 13.1. The maximum Gasteiger partial charge on any atom is 0.0391 e. The fourth-order valence-electron chi connectivity index (χ4n) is 3.84. The third-order valence-corrected chi connectivity index (χ3v) is 7.31. The molecule has 0 aliphatic heterocycles. The molecule has 2 nitrogen and oxygen atoms in total. The van der Waals surface area contributed by atoms with Crippen molar-refractivity contribution in [2.75, 3.05) is 6.54 Å². The van der Waals surface area contributed by atoms with Crippen LogP contribution < -0.4 is 5.32 Å². The lowest BCUT2D eigenvalue weighted by Crippen LogP contribution is -2.37. The van der Waals surface area contributed by atoms with Crippen molar-refractivity contribution in [3.63, 3.8) is 0 Å². The Morgan fingerprint density at radius 3 is 2.61 bits per heavy atom. The van der Waals surface area contributed by atoms with Crippen LogP contribution in [0, 0.1) is 11.8 Å². The molecule has 2 saturated carbocycles. The summed E-state index contributed by atoms with van der Waals surface area (Å²) in [5, 5.41) is 4.49. The molecular formula is C15H29NOS. The molecule has 0 aromatic rings. The Morgan fingerprint density at radius 1 is 1.17 bits per heavy atom. The van der Waals surface area contributed by atoms with Crippen LogP contribution in [0.1, 0.15) is 59.3 Å². The normalized spacial score (nSPS) is 42.9. The molecule has 106 valence electrons. The van der Waals surface area contributed by atoms with Crippen LogP contribution in [-0.4, -0.2) is 27.3 Å². The molecule has 0 aromatic carbocycles. The summed E-state index contributed by atoms with van der Waals surface area (Å²) in [5.41, 5.74) is 0. The lowest BCUT2D eigenvalue weighted by atomic mass is 9.90. The van der Waals surface area contributed by atoms with Crippen LogP contribution in [0.15, 0.2) is 0 Å². The third kappa shape index (κ3) is 3.16. The van der Waals surface area contributed by atoms with Gasteiger partial charge in [0, 0.05) is 27.3 Å². The number of hydrogen-bond donors (Lipinski definition) is 1. The molecule has 18 heavy (non-hydrogen) atoms. The summed E-state index contributed by atoms with van der Waals surface area (Å²) in [7, 11) is -0.597. The van der Waals surface area contributed by atoms with Crippen molar-refractivity contribution in [1.82, 2.24) is 5.32 Å². The second kappa shape index (κ2) is 6.51. The molecule has 2 fully saturated rings. The first-order chi connectivity index (χ1) is 8.63. The Morgan fingerprint density at radius 2 is 1.94 bits per heavy atom. The topological polar surface area (TPSA) is 29.1 Å². The van der Waals surface area contributed by atoms with Crippen LogP contribution in [-0.2, 0) is 10.8 Å². The van der Waals surface area contributed by atoms with Gasteiger partial charge in [0.2, 0.25) is 0 Å². The predicted octanol–water partition coefficient (Wildman–Crippen LogP) is 3.09. The first-order valence-corrected chi connectivity index (χ1v) is 9.03. The summed E-state index contributed by atoms with van der Waals surface area (Å²) in [6, 6.07) is 0.602. The maximum absolute atomic E-state index is 12.8. The van der Waals surface area contributed by atoms with Gasteiger partial charge in [0.25, 0.3) is 0 Å². The molecule has 2 aliphatic carbocycles. The second-order valence-electron chi connectivity index (χ2n) is 6.36. The first kappa shape index (κ1) is 14.5. The molecule has 2 aliphatic rings. The average molecular weight is 271 g/mol. The van der Waals surface area contributed by atoms with E-state index in [0.29, 0.717) is 22.5 Å². The van der Waals surface area contributed by atoms with Gasteiger partial charge in [-0.05, 0) is 44.1 Å². The van der Waals surface area contributed by atoms with Gasteiger partial charge in [-0.3, -0.25) is 4.21 Å². The fourth-order valence-corrected chi connectivity index (χ4v) is 6.24. The van der Waals surface area contributed by atoms with Crippen LogP contribution in [0.25, 0.3) is 0 Å². The zero-order valence-corrected chi connectivity index (χ0v) is 13.0. The van der Waals surface area contributed by atoms with Gasteiger partial charge in [-0.2, -0.15) is 0 Å². The van der Waals surface area contributed by atoms with Crippen molar-refractivity contribution in [2.45, 2.75) is 75.8 Å². The maximum atomic E-state index is 12.8. The van der Waals surface area contributed by atoms with Gasteiger partial charge in [-0.15, -0.1) is 0 Å². The Bertz CT molecular complexity index is 294. The molecular weight excluding hydrogens is 242 g/mol. The van der Waals surface area contributed by atoms with Gasteiger partial charge >= 0.3 is 0 Å². The highest BCUT2D eigenvalue weighted by Crippen LogP contribution is 2.35. The summed E-state index contributed by atoms with van der Waals surface area (Å²) in [4.78, 5) is 0. The minimum Gasteiger partial charge on any atom is -0.314 e. The van der Waals surface area contributed by atoms with E-state index in [2.05, 4.69) is 26.1 Å². The third-order valence-electron chi connectivity index (χ3n) is 4.96. The molecule has 0 amide bonds. The molecule has 0 spiro atoms. The van der Waals surface area contributed by atoms with Crippen LogP contribution in [0.2, 0.25) is 0 Å². The van der Waals surface area contributed by atoms with Gasteiger partial charge in [0.05, 0.1) is 0 Å². The van der Waals surface area contributed by atoms with Gasteiger partial charge in [0.1, 0.15) is 0 Å². The Kier molecular flexibility index (Phi) is 5.25. The second-order valence-corrected chi connectivity index (χ2v) is 8.29. The number of hydrogen-bond acceptors (Lipinski definition) is 2. The van der Waals surface area contributed by atoms with E-state index in [1.807, 2.05) is 0 Å². The van der Waals surface area contributed by atoms with E-state index in [1.165, 1.54) is 32.1 Å². The molecule has 6 unspecified atom stereocenters. The molecule has 0 heterocycles. The van der Waals surface area contributed by atoms with Crippen LogP contribution >= 0.6 is 0 Å². The van der Waals surface area contributed by atoms with Crippen molar-refractivity contribution in [3.8, 4) is 0 Å². The monoisotopic (exact) mass is 271 g/mol. The Hall–Kier alpha value is 0.110. The van der Waals surface area contributed by atoms with E-state index in [1.54, 1.807) is 0 Å². The summed E-state index contributed by atoms with van der Waals surface area (Å²) < 4.78 is 12.8. The standard InChI is InChI=1S/C15H29NOS/c1-4-16-14-8-9-15(12(14)3)18(17)13-7-5-6-11(2)10-13/h11-16H,4-10H2,1-3H3. The average Bonchev–Trinajstić information content (AvgIpc) is 2.71. The van der Waals surface area contributed by atoms with Crippen molar-refractivity contribution in [1.29, 1.82) is 0 Å². The number of nitrogens with one attached hydrogen (secondary N) is 1. The highest BCUT2D eigenvalue weighted by atomic mass is 32.2. The van der Waals surface area contributed by atoms with E-state index in [4.69, 9.17) is 0 Å². The smallest absolute Gasteiger partial charge is 0.0391 e. The molecule has 1 N–H and O–H groups in total. The quantitative estimate of drug-likeness (QED) is 0.851. The van der Waals surface area contributed by atoms with Crippen LogP contribution in [0.3, 0.4) is 0 Å². The lowest BCUT2D eigenvalue weighted by Gasteiger charge is -2.30. The largest absolute Gasteiger partial charge is 0.314 e. The van der Waals surface area contributed by atoms with E-state index in [0.717, 1.165) is 18.9 Å². The zero-order valence-electron chi connectivity index (χ0n) is 12.2. The minimum absolute atomic E-state index is 0.448. The van der Waals surface area contributed by atoms with Gasteiger partial charge < -0.3 is 5.32 Å². The van der Waals surface area contributed by atoms with Gasteiger partial charge in [-0.1, -0.05) is 33.6 Å². The van der Waals surface area contributed by atoms with Crippen LogP contribution in [0.5, 0.6) is 0 Å². The van der Waals surface area contributed by atoms with Crippen molar-refractivity contribution in [3.05, 3.63) is 0 Å². The van der Waals surface area contributed by atoms with E-state index >= 15 is 0 Å². The summed E-state index contributed by atoms with van der Waals surface area (Å²) in [5.74, 6) is 1.37. The van der Waals surface area contributed by atoms with Crippen LogP contribution in [0.4, 0.5) is 0 Å². The molecule has 0 bridgehead atoms.